The lowest BCUT2D eigenvalue weighted by Gasteiger charge is -2.41. The summed E-state index contributed by atoms with van der Waals surface area (Å²) in [5, 5.41) is 21.8. The van der Waals surface area contributed by atoms with Gasteiger partial charge in [0.05, 0.1) is 41.2 Å². The molecule has 4 aliphatic rings. The highest BCUT2D eigenvalue weighted by atomic mass is 16.6. The van der Waals surface area contributed by atoms with Crippen LogP contribution in [0.4, 0.5) is 0 Å². The molecule has 0 aromatic heterocycles. The lowest BCUT2D eigenvalue weighted by Crippen LogP contribution is -2.50. The van der Waals surface area contributed by atoms with E-state index in [9.17, 15) is 10.2 Å². The zero-order valence-corrected chi connectivity index (χ0v) is 16.2. The molecule has 4 bridgehead atoms. The topological polar surface area (TPSA) is 71.5 Å². The second-order valence-electron chi connectivity index (χ2n) is 9.85. The standard InChI is InChI=1S/C20H34O5/c1-12(2)20-9-8-18(4,25-20)15-6-7-17(3,23-15)13(21)10-16-19(5,24-16)14(22)11-20/h12-16,21-22H,6-11H2,1-5H3/t13-,14+,15-,16-,17+,18+,19-,20-/m0/s1. The van der Waals surface area contributed by atoms with Gasteiger partial charge in [0.2, 0.25) is 0 Å². The van der Waals surface area contributed by atoms with Gasteiger partial charge in [0.15, 0.2) is 0 Å². The third-order valence-corrected chi connectivity index (χ3v) is 7.85. The lowest BCUT2D eigenvalue weighted by atomic mass is 9.78. The monoisotopic (exact) mass is 354 g/mol. The maximum atomic E-state index is 11.0. The molecule has 0 radical (unpaired) electrons. The zero-order chi connectivity index (χ0) is 18.3. The maximum Gasteiger partial charge on any atom is 0.118 e. The highest BCUT2D eigenvalue weighted by Crippen LogP contribution is 2.55. The van der Waals surface area contributed by atoms with Gasteiger partial charge in [-0.15, -0.1) is 0 Å². The van der Waals surface area contributed by atoms with Crippen molar-refractivity contribution >= 4 is 0 Å². The van der Waals surface area contributed by atoms with Crippen LogP contribution in [0.3, 0.4) is 0 Å². The van der Waals surface area contributed by atoms with E-state index in [1.807, 2.05) is 13.8 Å². The van der Waals surface area contributed by atoms with Gasteiger partial charge in [0.1, 0.15) is 5.60 Å². The lowest BCUT2D eigenvalue weighted by molar-refractivity contribution is -0.207. The Labute approximate surface area is 151 Å². The summed E-state index contributed by atoms with van der Waals surface area (Å²) >= 11 is 0. The van der Waals surface area contributed by atoms with E-state index >= 15 is 0 Å². The van der Waals surface area contributed by atoms with Crippen molar-refractivity contribution in [3.63, 3.8) is 0 Å². The Bertz CT molecular complexity index is 552. The molecule has 25 heavy (non-hydrogen) atoms. The molecule has 4 fully saturated rings. The number of aliphatic hydroxyl groups is 2. The van der Waals surface area contributed by atoms with Crippen molar-refractivity contribution in [2.75, 3.05) is 0 Å². The molecule has 5 heteroatoms. The molecular weight excluding hydrogens is 320 g/mol. The molecule has 0 saturated carbocycles. The zero-order valence-electron chi connectivity index (χ0n) is 16.2. The first-order valence-electron chi connectivity index (χ1n) is 9.95. The van der Waals surface area contributed by atoms with Gasteiger partial charge in [-0.05, 0) is 52.4 Å². The fraction of sp³-hybridized carbons (Fsp3) is 1.00. The van der Waals surface area contributed by atoms with Crippen LogP contribution in [-0.4, -0.2) is 57.0 Å². The minimum atomic E-state index is -0.587. The van der Waals surface area contributed by atoms with Gasteiger partial charge in [-0.25, -0.2) is 0 Å². The van der Waals surface area contributed by atoms with Crippen molar-refractivity contribution in [3.05, 3.63) is 0 Å². The largest absolute Gasteiger partial charge is 0.390 e. The molecule has 8 atom stereocenters. The van der Waals surface area contributed by atoms with Gasteiger partial charge in [0, 0.05) is 12.8 Å². The number of fused-ring (bicyclic) bond motifs is 6. The maximum absolute atomic E-state index is 11.0. The molecule has 5 nitrogen and oxygen atoms in total. The van der Waals surface area contributed by atoms with Gasteiger partial charge in [0.25, 0.3) is 0 Å². The Morgan fingerprint density at radius 2 is 1.60 bits per heavy atom. The van der Waals surface area contributed by atoms with E-state index < -0.39 is 23.4 Å². The quantitative estimate of drug-likeness (QED) is 0.708. The fourth-order valence-corrected chi connectivity index (χ4v) is 5.40. The Morgan fingerprint density at radius 1 is 0.880 bits per heavy atom. The number of hydrogen-bond acceptors (Lipinski definition) is 5. The highest BCUT2D eigenvalue weighted by Gasteiger charge is 2.64. The molecular formula is C20H34O5. The number of ether oxygens (including phenoxy) is 3. The van der Waals surface area contributed by atoms with E-state index in [0.29, 0.717) is 18.8 Å². The van der Waals surface area contributed by atoms with Crippen molar-refractivity contribution < 1.29 is 24.4 Å². The van der Waals surface area contributed by atoms with Gasteiger partial charge in [-0.3, -0.25) is 0 Å². The third-order valence-electron chi connectivity index (χ3n) is 7.85. The molecule has 0 aromatic carbocycles. The molecule has 0 aromatic rings. The summed E-state index contributed by atoms with van der Waals surface area (Å²) in [5.41, 5.74) is -1.84. The van der Waals surface area contributed by atoms with Gasteiger partial charge in [-0.1, -0.05) is 13.8 Å². The van der Waals surface area contributed by atoms with Crippen molar-refractivity contribution in [3.8, 4) is 0 Å². The first kappa shape index (κ1) is 18.2. The SMILES string of the molecule is CC(C)[C@@]12CC[C@@](C)(O1)[C@@H]1CC[C@@](C)(O1)[C@@H](O)C[C@@H]1O[C@@]1(C)[C@H](O)C2. The van der Waals surface area contributed by atoms with E-state index in [4.69, 9.17) is 14.2 Å². The number of hydrogen-bond donors (Lipinski definition) is 2. The summed E-state index contributed by atoms with van der Waals surface area (Å²) in [6, 6.07) is 0. The van der Waals surface area contributed by atoms with Gasteiger partial charge in [-0.2, -0.15) is 0 Å². The predicted octanol–water partition coefficient (Wildman–Crippen LogP) is 2.56. The first-order chi connectivity index (χ1) is 11.5. The molecule has 0 aliphatic carbocycles. The van der Waals surface area contributed by atoms with E-state index in [2.05, 4.69) is 20.8 Å². The van der Waals surface area contributed by atoms with Crippen molar-refractivity contribution in [2.45, 2.75) is 120 Å². The number of aliphatic hydroxyl groups excluding tert-OH is 2. The normalized spacial score (nSPS) is 58.6. The molecule has 2 N–H and O–H groups in total. The van der Waals surface area contributed by atoms with Crippen molar-refractivity contribution in [2.24, 2.45) is 5.92 Å². The number of rotatable bonds is 1. The van der Waals surface area contributed by atoms with Crippen LogP contribution in [-0.2, 0) is 14.2 Å². The van der Waals surface area contributed by atoms with Crippen LogP contribution in [0.5, 0.6) is 0 Å². The summed E-state index contributed by atoms with van der Waals surface area (Å²) in [4.78, 5) is 0. The van der Waals surface area contributed by atoms with Crippen molar-refractivity contribution in [1.82, 2.24) is 0 Å². The van der Waals surface area contributed by atoms with Gasteiger partial charge >= 0.3 is 0 Å². The van der Waals surface area contributed by atoms with Crippen LogP contribution in [0.1, 0.15) is 73.1 Å². The van der Waals surface area contributed by atoms with Crippen LogP contribution in [0.2, 0.25) is 0 Å². The van der Waals surface area contributed by atoms with Crippen LogP contribution >= 0.6 is 0 Å². The third kappa shape index (κ3) is 2.61. The van der Waals surface area contributed by atoms with E-state index in [-0.39, 0.29) is 23.4 Å². The highest BCUT2D eigenvalue weighted by molar-refractivity contribution is 5.12. The Kier molecular flexibility index (Phi) is 3.94. The summed E-state index contributed by atoms with van der Waals surface area (Å²) in [6.07, 6.45) is 3.40. The Balaban J connectivity index is 1.70. The van der Waals surface area contributed by atoms with Crippen LogP contribution in [0.25, 0.3) is 0 Å². The minimum Gasteiger partial charge on any atom is -0.390 e. The molecule has 144 valence electrons. The second-order valence-corrected chi connectivity index (χ2v) is 9.85. The Hall–Kier alpha value is -0.200. The minimum absolute atomic E-state index is 0.00384. The fourth-order valence-electron chi connectivity index (χ4n) is 5.40. The van der Waals surface area contributed by atoms with E-state index in [0.717, 1.165) is 25.7 Å². The molecule has 4 aliphatic heterocycles. The van der Waals surface area contributed by atoms with Crippen LogP contribution < -0.4 is 0 Å². The molecule has 4 rings (SSSR count). The molecule has 0 unspecified atom stereocenters. The summed E-state index contributed by atoms with van der Waals surface area (Å²) in [5.74, 6) is 0.311. The number of epoxide rings is 1. The summed E-state index contributed by atoms with van der Waals surface area (Å²) in [6.45, 7) is 10.5. The smallest absolute Gasteiger partial charge is 0.118 e. The van der Waals surface area contributed by atoms with Crippen molar-refractivity contribution in [1.29, 1.82) is 0 Å². The van der Waals surface area contributed by atoms with Gasteiger partial charge < -0.3 is 24.4 Å². The molecule has 0 amide bonds. The average molecular weight is 354 g/mol. The van der Waals surface area contributed by atoms with Crippen LogP contribution in [0, 0.1) is 5.92 Å². The van der Waals surface area contributed by atoms with E-state index in [1.54, 1.807) is 0 Å². The Morgan fingerprint density at radius 3 is 2.28 bits per heavy atom. The molecule has 4 heterocycles. The summed E-state index contributed by atoms with van der Waals surface area (Å²) in [7, 11) is 0. The van der Waals surface area contributed by atoms with Crippen LogP contribution in [0.15, 0.2) is 0 Å². The van der Waals surface area contributed by atoms with E-state index in [1.165, 1.54) is 0 Å². The summed E-state index contributed by atoms with van der Waals surface area (Å²) < 4.78 is 19.1. The molecule has 4 saturated heterocycles. The second kappa shape index (κ2) is 5.41. The molecule has 0 spiro atoms. The average Bonchev–Trinajstić information content (AvgIpc) is 2.87. The predicted molar refractivity (Wildman–Crippen MR) is 93.3 cm³/mol. The first-order valence-corrected chi connectivity index (χ1v) is 9.95.